The summed E-state index contributed by atoms with van der Waals surface area (Å²) in [5.41, 5.74) is 0.201. The van der Waals surface area contributed by atoms with E-state index in [2.05, 4.69) is 10.1 Å². The Morgan fingerprint density at radius 3 is 2.76 bits per heavy atom. The molecule has 0 saturated carbocycles. The van der Waals surface area contributed by atoms with E-state index in [1.54, 1.807) is 6.07 Å². The SMILES string of the molecule is COc1ccc(NC(=O)C(C)F)c(OC=O)c1. The van der Waals surface area contributed by atoms with E-state index in [0.29, 0.717) is 5.75 Å². The van der Waals surface area contributed by atoms with Crippen molar-refractivity contribution in [1.82, 2.24) is 0 Å². The van der Waals surface area contributed by atoms with E-state index < -0.39 is 12.1 Å². The smallest absolute Gasteiger partial charge is 0.298 e. The molecule has 92 valence electrons. The highest BCUT2D eigenvalue weighted by atomic mass is 19.1. The number of halogens is 1. The Morgan fingerprint density at radius 1 is 1.53 bits per heavy atom. The fourth-order valence-electron chi connectivity index (χ4n) is 1.11. The van der Waals surface area contributed by atoms with Crippen LogP contribution >= 0.6 is 0 Å². The van der Waals surface area contributed by atoms with E-state index >= 15 is 0 Å². The van der Waals surface area contributed by atoms with Crippen LogP contribution in [0.2, 0.25) is 0 Å². The fraction of sp³-hybridized carbons (Fsp3) is 0.273. The van der Waals surface area contributed by atoms with Gasteiger partial charge in [0, 0.05) is 6.07 Å². The second-order valence-corrected chi connectivity index (χ2v) is 3.18. The third-order valence-corrected chi connectivity index (χ3v) is 1.98. The maximum atomic E-state index is 12.7. The molecule has 0 fully saturated rings. The number of carbonyl (C=O) groups is 2. The third kappa shape index (κ3) is 3.44. The van der Waals surface area contributed by atoms with Crippen LogP contribution in [-0.4, -0.2) is 25.7 Å². The molecule has 0 saturated heterocycles. The van der Waals surface area contributed by atoms with Crippen molar-refractivity contribution in [3.05, 3.63) is 18.2 Å². The third-order valence-electron chi connectivity index (χ3n) is 1.98. The predicted octanol–water partition coefficient (Wildman–Crippen LogP) is 1.53. The molecule has 0 spiro atoms. The van der Waals surface area contributed by atoms with Gasteiger partial charge in [-0.1, -0.05) is 0 Å². The molecule has 0 aliphatic heterocycles. The second kappa shape index (κ2) is 5.83. The summed E-state index contributed by atoms with van der Waals surface area (Å²) in [6.45, 7) is 1.32. The van der Waals surface area contributed by atoms with Gasteiger partial charge in [-0.25, -0.2) is 4.39 Å². The number of rotatable bonds is 5. The molecular weight excluding hydrogens is 229 g/mol. The van der Waals surface area contributed by atoms with Crippen molar-refractivity contribution in [3.8, 4) is 11.5 Å². The number of nitrogens with one attached hydrogen (secondary N) is 1. The zero-order valence-corrected chi connectivity index (χ0v) is 9.40. The Bertz CT molecular complexity index is 420. The normalized spacial score (nSPS) is 11.5. The summed E-state index contributed by atoms with van der Waals surface area (Å²) in [7, 11) is 1.45. The van der Waals surface area contributed by atoms with Gasteiger partial charge < -0.3 is 14.8 Å². The lowest BCUT2D eigenvalue weighted by Gasteiger charge is -2.11. The number of alkyl halides is 1. The van der Waals surface area contributed by atoms with Crippen LogP contribution in [0.15, 0.2) is 18.2 Å². The highest BCUT2D eigenvalue weighted by Gasteiger charge is 2.14. The number of anilines is 1. The van der Waals surface area contributed by atoms with Crippen LogP contribution in [0.25, 0.3) is 0 Å². The van der Waals surface area contributed by atoms with Gasteiger partial charge in [0.2, 0.25) is 0 Å². The number of methoxy groups -OCH3 is 1. The molecule has 1 aromatic carbocycles. The molecule has 0 heterocycles. The summed E-state index contributed by atoms with van der Waals surface area (Å²) in [6.07, 6.45) is -1.65. The Hall–Kier alpha value is -2.11. The molecule has 5 nitrogen and oxygen atoms in total. The van der Waals surface area contributed by atoms with Crippen LogP contribution < -0.4 is 14.8 Å². The first-order valence-electron chi connectivity index (χ1n) is 4.81. The first-order chi connectivity index (χ1) is 8.08. The summed E-state index contributed by atoms with van der Waals surface area (Å²) >= 11 is 0. The van der Waals surface area contributed by atoms with Crippen molar-refractivity contribution in [2.24, 2.45) is 0 Å². The summed E-state index contributed by atoms with van der Waals surface area (Å²) in [4.78, 5) is 21.5. The lowest BCUT2D eigenvalue weighted by molar-refractivity contribution is -0.121. The Morgan fingerprint density at radius 2 is 2.24 bits per heavy atom. The first-order valence-corrected chi connectivity index (χ1v) is 4.81. The topological polar surface area (TPSA) is 64.6 Å². The molecule has 17 heavy (non-hydrogen) atoms. The van der Waals surface area contributed by atoms with Crippen molar-refractivity contribution in [1.29, 1.82) is 0 Å². The molecule has 0 radical (unpaired) electrons. The highest BCUT2D eigenvalue weighted by Crippen LogP contribution is 2.29. The summed E-state index contributed by atoms with van der Waals surface area (Å²) in [5.74, 6) is -0.271. The van der Waals surface area contributed by atoms with E-state index in [1.807, 2.05) is 0 Å². The Balaban J connectivity index is 2.97. The van der Waals surface area contributed by atoms with Crippen LogP contribution in [0.5, 0.6) is 11.5 Å². The Kier molecular flexibility index (Phi) is 4.45. The van der Waals surface area contributed by atoms with Crippen LogP contribution in [-0.2, 0) is 9.59 Å². The van der Waals surface area contributed by atoms with E-state index in [0.717, 1.165) is 6.92 Å². The van der Waals surface area contributed by atoms with E-state index in [9.17, 15) is 14.0 Å². The van der Waals surface area contributed by atoms with Gasteiger partial charge in [-0.3, -0.25) is 9.59 Å². The van der Waals surface area contributed by atoms with Crippen molar-refractivity contribution in [2.75, 3.05) is 12.4 Å². The van der Waals surface area contributed by atoms with Gasteiger partial charge in [-0.15, -0.1) is 0 Å². The van der Waals surface area contributed by atoms with Crippen LogP contribution in [0.3, 0.4) is 0 Å². The molecule has 0 aliphatic carbocycles. The van der Waals surface area contributed by atoms with Crippen molar-refractivity contribution in [2.45, 2.75) is 13.1 Å². The monoisotopic (exact) mass is 241 g/mol. The minimum absolute atomic E-state index is 0.0911. The highest BCUT2D eigenvalue weighted by molar-refractivity contribution is 5.95. The zero-order valence-electron chi connectivity index (χ0n) is 9.40. The second-order valence-electron chi connectivity index (χ2n) is 3.18. The number of ether oxygens (including phenoxy) is 2. The molecule has 0 aliphatic rings. The molecule has 1 aromatic rings. The van der Waals surface area contributed by atoms with E-state index in [-0.39, 0.29) is 17.9 Å². The van der Waals surface area contributed by atoms with E-state index in [1.165, 1.54) is 19.2 Å². The number of carbonyl (C=O) groups excluding carboxylic acids is 2. The average Bonchev–Trinajstić information content (AvgIpc) is 2.31. The number of amides is 1. The molecule has 1 unspecified atom stereocenters. The van der Waals surface area contributed by atoms with Gasteiger partial charge in [0.1, 0.15) is 5.75 Å². The van der Waals surface area contributed by atoms with Gasteiger partial charge in [0.25, 0.3) is 12.4 Å². The van der Waals surface area contributed by atoms with Gasteiger partial charge >= 0.3 is 0 Å². The average molecular weight is 241 g/mol. The molecule has 1 rings (SSSR count). The van der Waals surface area contributed by atoms with Crippen molar-refractivity contribution >= 4 is 18.1 Å². The van der Waals surface area contributed by atoms with E-state index in [4.69, 9.17) is 4.74 Å². The summed E-state index contributed by atoms with van der Waals surface area (Å²) in [6, 6.07) is 4.42. The first kappa shape index (κ1) is 13.0. The van der Waals surface area contributed by atoms with Crippen LogP contribution in [0.4, 0.5) is 10.1 Å². The Labute approximate surface area is 97.5 Å². The maximum Gasteiger partial charge on any atom is 0.298 e. The summed E-state index contributed by atoms with van der Waals surface area (Å²) in [5, 5.41) is 2.29. The molecular formula is C11H12FNO4. The summed E-state index contributed by atoms with van der Waals surface area (Å²) < 4.78 is 22.3. The van der Waals surface area contributed by atoms with Gasteiger partial charge in [-0.2, -0.15) is 0 Å². The lowest BCUT2D eigenvalue weighted by atomic mass is 10.2. The van der Waals surface area contributed by atoms with Gasteiger partial charge in [0.05, 0.1) is 12.8 Å². The molecule has 6 heteroatoms. The maximum absolute atomic E-state index is 12.7. The fourth-order valence-corrected chi connectivity index (χ4v) is 1.11. The minimum Gasteiger partial charge on any atom is -0.497 e. The van der Waals surface area contributed by atoms with Gasteiger partial charge in [0.15, 0.2) is 11.9 Å². The number of benzene rings is 1. The van der Waals surface area contributed by atoms with Crippen LogP contribution in [0.1, 0.15) is 6.92 Å². The minimum atomic E-state index is -1.65. The lowest BCUT2D eigenvalue weighted by Crippen LogP contribution is -2.21. The predicted molar refractivity (Wildman–Crippen MR) is 58.9 cm³/mol. The van der Waals surface area contributed by atoms with Crippen molar-refractivity contribution < 1.29 is 23.5 Å². The molecule has 1 amide bonds. The van der Waals surface area contributed by atoms with Crippen LogP contribution in [0, 0.1) is 0 Å². The number of hydrogen-bond acceptors (Lipinski definition) is 4. The zero-order chi connectivity index (χ0) is 12.8. The molecule has 0 aromatic heterocycles. The molecule has 1 N–H and O–H groups in total. The number of hydrogen-bond donors (Lipinski definition) is 1. The molecule has 0 bridgehead atoms. The molecule has 1 atom stereocenters. The van der Waals surface area contributed by atoms with Crippen molar-refractivity contribution in [3.63, 3.8) is 0 Å². The largest absolute Gasteiger partial charge is 0.497 e. The van der Waals surface area contributed by atoms with Gasteiger partial charge in [-0.05, 0) is 19.1 Å². The quantitative estimate of drug-likeness (QED) is 0.794. The standard InChI is InChI=1S/C11H12FNO4/c1-7(12)11(15)13-9-4-3-8(16-2)5-10(9)17-6-14/h3-7H,1-2H3,(H,13,15).